The molecule has 4 heteroatoms. The van der Waals surface area contributed by atoms with Gasteiger partial charge in [0.25, 0.3) is 0 Å². The number of carbonyl (C=O) groups is 1. The molecule has 0 N–H and O–H groups in total. The standard InChI is InChI=1S/C20H26O4/c1-22-16-24-15-19-13-20(21)11-10-18(19)9-5-6-12-23-14-17-7-3-2-4-8-17/h2-5,7-9,13,18H,6,10-12,14-16H2,1H3/b9-5-. The molecule has 130 valence electrons. The molecule has 0 saturated carbocycles. The van der Waals surface area contributed by atoms with Crippen LogP contribution < -0.4 is 0 Å². The van der Waals surface area contributed by atoms with Crippen LogP contribution in [0.5, 0.6) is 0 Å². The van der Waals surface area contributed by atoms with Gasteiger partial charge in [0.05, 0.1) is 19.8 Å². The second kappa shape index (κ2) is 10.9. The first kappa shape index (κ1) is 18.6. The quantitative estimate of drug-likeness (QED) is 0.373. The van der Waals surface area contributed by atoms with Crippen LogP contribution in [-0.2, 0) is 25.6 Å². The number of hydrogen-bond donors (Lipinski definition) is 0. The maximum absolute atomic E-state index is 11.6. The van der Waals surface area contributed by atoms with Gasteiger partial charge >= 0.3 is 0 Å². The largest absolute Gasteiger partial charge is 0.376 e. The fraction of sp³-hybridized carbons (Fsp3) is 0.450. The smallest absolute Gasteiger partial charge is 0.155 e. The van der Waals surface area contributed by atoms with Crippen molar-refractivity contribution in [3.8, 4) is 0 Å². The van der Waals surface area contributed by atoms with Crippen molar-refractivity contribution in [1.82, 2.24) is 0 Å². The topological polar surface area (TPSA) is 44.8 Å². The Kier molecular flexibility index (Phi) is 8.46. The molecule has 0 radical (unpaired) electrons. The van der Waals surface area contributed by atoms with Gasteiger partial charge in [0.15, 0.2) is 5.78 Å². The first-order chi connectivity index (χ1) is 11.8. The van der Waals surface area contributed by atoms with E-state index in [0.717, 1.165) is 18.4 Å². The third-order valence-electron chi connectivity index (χ3n) is 3.90. The first-order valence-electron chi connectivity index (χ1n) is 8.38. The molecule has 0 aliphatic heterocycles. The van der Waals surface area contributed by atoms with Crippen molar-refractivity contribution in [2.24, 2.45) is 5.92 Å². The van der Waals surface area contributed by atoms with Gasteiger partial charge in [-0.25, -0.2) is 0 Å². The molecule has 2 rings (SSSR count). The van der Waals surface area contributed by atoms with Crippen molar-refractivity contribution in [3.63, 3.8) is 0 Å². The molecule has 1 aliphatic rings. The zero-order valence-corrected chi connectivity index (χ0v) is 14.3. The van der Waals surface area contributed by atoms with Crippen molar-refractivity contribution in [1.29, 1.82) is 0 Å². The van der Waals surface area contributed by atoms with Crippen LogP contribution in [0.4, 0.5) is 0 Å². The van der Waals surface area contributed by atoms with Crippen molar-refractivity contribution < 1.29 is 19.0 Å². The molecule has 0 saturated heterocycles. The second-order valence-corrected chi connectivity index (χ2v) is 5.84. The number of carbonyl (C=O) groups excluding carboxylic acids is 1. The molecular weight excluding hydrogens is 304 g/mol. The van der Waals surface area contributed by atoms with Gasteiger partial charge in [-0.05, 0) is 30.1 Å². The summed E-state index contributed by atoms with van der Waals surface area (Å²) >= 11 is 0. The minimum atomic E-state index is 0.182. The van der Waals surface area contributed by atoms with E-state index in [4.69, 9.17) is 14.2 Å². The van der Waals surface area contributed by atoms with E-state index in [1.807, 2.05) is 18.2 Å². The highest BCUT2D eigenvalue weighted by Crippen LogP contribution is 2.24. The summed E-state index contributed by atoms with van der Waals surface area (Å²) in [7, 11) is 1.59. The Morgan fingerprint density at radius 2 is 2.00 bits per heavy atom. The van der Waals surface area contributed by atoms with E-state index in [1.165, 1.54) is 5.56 Å². The molecule has 0 fully saturated rings. The number of ether oxygens (including phenoxy) is 3. The van der Waals surface area contributed by atoms with E-state index < -0.39 is 0 Å². The zero-order valence-electron chi connectivity index (χ0n) is 14.3. The van der Waals surface area contributed by atoms with Gasteiger partial charge in [-0.1, -0.05) is 42.5 Å². The van der Waals surface area contributed by atoms with Gasteiger partial charge in [-0.3, -0.25) is 4.79 Å². The Morgan fingerprint density at radius 3 is 2.79 bits per heavy atom. The Bertz CT molecular complexity index is 548. The van der Waals surface area contributed by atoms with Gasteiger partial charge in [-0.2, -0.15) is 0 Å². The van der Waals surface area contributed by atoms with Gasteiger partial charge in [0.2, 0.25) is 0 Å². The second-order valence-electron chi connectivity index (χ2n) is 5.84. The number of ketones is 1. The Hall–Kier alpha value is -1.75. The van der Waals surface area contributed by atoms with Crippen LogP contribution in [0.1, 0.15) is 24.8 Å². The van der Waals surface area contributed by atoms with Gasteiger partial charge in [-0.15, -0.1) is 0 Å². The molecule has 0 spiro atoms. The van der Waals surface area contributed by atoms with Crippen LogP contribution >= 0.6 is 0 Å². The van der Waals surface area contributed by atoms with Crippen LogP contribution in [0.25, 0.3) is 0 Å². The molecule has 0 amide bonds. The lowest BCUT2D eigenvalue weighted by Gasteiger charge is -2.20. The van der Waals surface area contributed by atoms with E-state index in [2.05, 4.69) is 24.3 Å². The summed E-state index contributed by atoms with van der Waals surface area (Å²) in [5, 5.41) is 0. The average Bonchev–Trinajstić information content (AvgIpc) is 2.60. The first-order valence-corrected chi connectivity index (χ1v) is 8.38. The molecule has 1 aromatic carbocycles. The van der Waals surface area contributed by atoms with Crippen LogP contribution in [0.3, 0.4) is 0 Å². The number of methoxy groups -OCH3 is 1. The lowest BCUT2D eigenvalue weighted by molar-refractivity contribution is -0.115. The molecule has 1 aromatic rings. The number of benzene rings is 1. The SMILES string of the molecule is COCOCC1=CC(=O)CCC1/C=C\CCOCc1ccccc1. The molecule has 0 bridgehead atoms. The summed E-state index contributed by atoms with van der Waals surface area (Å²) in [5.74, 6) is 0.454. The van der Waals surface area contributed by atoms with E-state index in [-0.39, 0.29) is 18.5 Å². The van der Waals surface area contributed by atoms with Crippen molar-refractivity contribution in [2.75, 3.05) is 27.1 Å². The Balaban J connectivity index is 1.71. The number of hydrogen-bond acceptors (Lipinski definition) is 4. The predicted octanol–water partition coefficient (Wildman–Crippen LogP) is 3.68. The molecule has 1 atom stereocenters. The maximum atomic E-state index is 11.6. The minimum Gasteiger partial charge on any atom is -0.376 e. The highest BCUT2D eigenvalue weighted by molar-refractivity contribution is 5.91. The Morgan fingerprint density at radius 1 is 1.17 bits per heavy atom. The summed E-state index contributed by atoms with van der Waals surface area (Å²) in [4.78, 5) is 11.6. The molecular formula is C20H26O4. The third kappa shape index (κ3) is 6.79. The Labute approximate surface area is 144 Å². The molecule has 4 nitrogen and oxygen atoms in total. The molecule has 0 heterocycles. The highest BCUT2D eigenvalue weighted by Gasteiger charge is 2.19. The summed E-state index contributed by atoms with van der Waals surface area (Å²) in [6, 6.07) is 10.2. The van der Waals surface area contributed by atoms with E-state index in [9.17, 15) is 4.79 Å². The average molecular weight is 330 g/mol. The van der Waals surface area contributed by atoms with Gasteiger partial charge in [0.1, 0.15) is 6.79 Å². The highest BCUT2D eigenvalue weighted by atomic mass is 16.7. The summed E-state index contributed by atoms with van der Waals surface area (Å²) in [6.45, 7) is 2.02. The predicted molar refractivity (Wildman–Crippen MR) is 93.5 cm³/mol. The zero-order chi connectivity index (χ0) is 17.0. The lowest BCUT2D eigenvalue weighted by atomic mass is 9.87. The van der Waals surface area contributed by atoms with Gasteiger partial charge in [0, 0.05) is 19.4 Å². The molecule has 24 heavy (non-hydrogen) atoms. The van der Waals surface area contributed by atoms with E-state index in [1.54, 1.807) is 13.2 Å². The van der Waals surface area contributed by atoms with Crippen molar-refractivity contribution >= 4 is 5.78 Å². The normalized spacial score (nSPS) is 18.1. The fourth-order valence-corrected chi connectivity index (χ4v) is 2.66. The van der Waals surface area contributed by atoms with Crippen LogP contribution in [0.15, 0.2) is 54.1 Å². The molecule has 1 unspecified atom stereocenters. The van der Waals surface area contributed by atoms with E-state index >= 15 is 0 Å². The maximum Gasteiger partial charge on any atom is 0.155 e. The number of rotatable bonds is 10. The van der Waals surface area contributed by atoms with Crippen LogP contribution in [0, 0.1) is 5.92 Å². The van der Waals surface area contributed by atoms with Crippen LogP contribution in [0.2, 0.25) is 0 Å². The van der Waals surface area contributed by atoms with E-state index in [0.29, 0.717) is 26.2 Å². The monoisotopic (exact) mass is 330 g/mol. The summed E-state index contributed by atoms with van der Waals surface area (Å²) < 4.78 is 16.0. The lowest BCUT2D eigenvalue weighted by Crippen LogP contribution is -2.16. The fourth-order valence-electron chi connectivity index (χ4n) is 2.66. The summed E-state index contributed by atoms with van der Waals surface area (Å²) in [6.07, 6.45) is 8.34. The van der Waals surface area contributed by atoms with Crippen molar-refractivity contribution in [3.05, 3.63) is 59.7 Å². The van der Waals surface area contributed by atoms with Gasteiger partial charge < -0.3 is 14.2 Å². The summed E-state index contributed by atoms with van der Waals surface area (Å²) in [5.41, 5.74) is 2.22. The minimum absolute atomic E-state index is 0.182. The molecule has 0 aromatic heterocycles. The number of allylic oxidation sites excluding steroid dienone is 2. The van der Waals surface area contributed by atoms with Crippen LogP contribution in [-0.4, -0.2) is 32.9 Å². The van der Waals surface area contributed by atoms with Crippen molar-refractivity contribution in [2.45, 2.75) is 25.9 Å². The molecule has 1 aliphatic carbocycles. The third-order valence-corrected chi connectivity index (χ3v) is 3.90.